The van der Waals surface area contributed by atoms with Crippen LogP contribution in [0.3, 0.4) is 0 Å². The summed E-state index contributed by atoms with van der Waals surface area (Å²) in [5.74, 6) is -4.42. The normalized spacial score (nSPS) is 13.9. The molecule has 4 atom stereocenters. The fourth-order valence-electron chi connectivity index (χ4n) is 4.03. The number of benzene rings is 1. The van der Waals surface area contributed by atoms with Gasteiger partial charge >= 0.3 is 5.97 Å². The zero-order chi connectivity index (χ0) is 30.5. The molecule has 0 aliphatic rings. The Hall–Kier alpha value is -4.11. The van der Waals surface area contributed by atoms with Crippen LogP contribution in [0.5, 0.6) is 0 Å². The SMILES string of the molecule is CSCCC(NC(=O)C(N)CCC(N)=O)C(=O)NC(CCC(N)=O)C(=O)NC(Cc1c[nH]c2ccccc12)C(=O)O. The summed E-state index contributed by atoms with van der Waals surface area (Å²) in [4.78, 5) is 76.5. The highest BCUT2D eigenvalue weighted by molar-refractivity contribution is 7.98. The van der Waals surface area contributed by atoms with Crippen molar-refractivity contribution < 1.29 is 33.9 Å². The molecule has 1 heterocycles. The van der Waals surface area contributed by atoms with Crippen LogP contribution in [0.25, 0.3) is 10.9 Å². The summed E-state index contributed by atoms with van der Waals surface area (Å²) < 4.78 is 0. The monoisotopic (exact) mass is 591 g/mol. The predicted octanol–water partition coefficient (Wildman–Crippen LogP) is -1.14. The first-order valence-corrected chi connectivity index (χ1v) is 14.3. The van der Waals surface area contributed by atoms with Crippen molar-refractivity contribution in [2.45, 2.75) is 62.7 Å². The van der Waals surface area contributed by atoms with Crippen LogP contribution < -0.4 is 33.2 Å². The molecule has 1 aromatic heterocycles. The molecule has 0 bridgehead atoms. The average molecular weight is 592 g/mol. The number of primary amides is 2. The highest BCUT2D eigenvalue weighted by Gasteiger charge is 2.31. The highest BCUT2D eigenvalue weighted by atomic mass is 32.2. The summed E-state index contributed by atoms with van der Waals surface area (Å²) >= 11 is 1.42. The van der Waals surface area contributed by atoms with E-state index in [1.165, 1.54) is 11.8 Å². The molecule has 0 fully saturated rings. The Kier molecular flexibility index (Phi) is 13.1. The predicted molar refractivity (Wildman–Crippen MR) is 153 cm³/mol. The van der Waals surface area contributed by atoms with E-state index in [1.54, 1.807) is 18.5 Å². The molecule has 41 heavy (non-hydrogen) atoms. The molecule has 224 valence electrons. The van der Waals surface area contributed by atoms with Gasteiger partial charge in [0.05, 0.1) is 6.04 Å². The van der Waals surface area contributed by atoms with Gasteiger partial charge in [-0.3, -0.25) is 24.0 Å². The Bertz CT molecular complexity index is 1250. The van der Waals surface area contributed by atoms with Crippen molar-refractivity contribution in [1.82, 2.24) is 20.9 Å². The number of nitrogens with two attached hydrogens (primary N) is 3. The average Bonchev–Trinajstić information content (AvgIpc) is 3.33. The Balaban J connectivity index is 2.17. The lowest BCUT2D eigenvalue weighted by Gasteiger charge is -2.25. The van der Waals surface area contributed by atoms with E-state index in [0.29, 0.717) is 11.3 Å². The molecule has 5 amide bonds. The summed E-state index contributed by atoms with van der Waals surface area (Å²) in [7, 11) is 0. The Labute approximate surface area is 240 Å². The molecule has 15 heteroatoms. The van der Waals surface area contributed by atoms with Gasteiger partial charge in [-0.1, -0.05) is 18.2 Å². The molecular weight excluding hydrogens is 554 g/mol. The first-order chi connectivity index (χ1) is 19.4. The van der Waals surface area contributed by atoms with Crippen molar-refractivity contribution in [1.29, 1.82) is 0 Å². The molecule has 14 nitrogen and oxygen atoms in total. The minimum Gasteiger partial charge on any atom is -0.480 e. The van der Waals surface area contributed by atoms with Crippen LogP contribution in [0.1, 0.15) is 37.7 Å². The van der Waals surface area contributed by atoms with Crippen molar-refractivity contribution in [3.05, 3.63) is 36.0 Å². The molecule has 0 saturated carbocycles. The van der Waals surface area contributed by atoms with Crippen LogP contribution in [0, 0.1) is 0 Å². The first-order valence-electron chi connectivity index (χ1n) is 12.9. The van der Waals surface area contributed by atoms with Crippen molar-refractivity contribution >= 4 is 58.2 Å². The van der Waals surface area contributed by atoms with E-state index in [4.69, 9.17) is 17.2 Å². The van der Waals surface area contributed by atoms with E-state index >= 15 is 0 Å². The van der Waals surface area contributed by atoms with Gasteiger partial charge in [-0.15, -0.1) is 0 Å². The topological polar surface area (TPSA) is 253 Å². The third-order valence-corrected chi connectivity index (χ3v) is 6.95. The van der Waals surface area contributed by atoms with Crippen LogP contribution >= 0.6 is 11.8 Å². The number of carboxylic acid groups (broad SMARTS) is 1. The zero-order valence-electron chi connectivity index (χ0n) is 22.7. The van der Waals surface area contributed by atoms with E-state index in [-0.39, 0.29) is 38.5 Å². The summed E-state index contributed by atoms with van der Waals surface area (Å²) in [6.07, 6.45) is 3.00. The fraction of sp³-hybridized carbons (Fsp3) is 0.462. The Morgan fingerprint density at radius 3 is 2.02 bits per heavy atom. The lowest BCUT2D eigenvalue weighted by Crippen LogP contribution is -2.57. The second-order valence-electron chi connectivity index (χ2n) is 9.48. The molecule has 0 aliphatic carbocycles. The molecule has 1 aromatic carbocycles. The number of amides is 5. The number of aliphatic carboxylic acids is 1. The lowest BCUT2D eigenvalue weighted by molar-refractivity contribution is -0.142. The first kappa shape index (κ1) is 33.1. The van der Waals surface area contributed by atoms with Gasteiger partial charge in [0, 0.05) is 36.4 Å². The van der Waals surface area contributed by atoms with E-state index in [0.717, 1.165) is 10.9 Å². The van der Waals surface area contributed by atoms with E-state index in [1.807, 2.05) is 18.2 Å². The minimum absolute atomic E-state index is 0.0192. The molecular formula is C26H37N7O7S. The molecule has 0 spiro atoms. The Morgan fingerprint density at radius 2 is 1.41 bits per heavy atom. The molecule has 2 rings (SSSR count). The highest BCUT2D eigenvalue weighted by Crippen LogP contribution is 2.19. The number of aromatic nitrogens is 1. The third-order valence-electron chi connectivity index (χ3n) is 6.31. The largest absolute Gasteiger partial charge is 0.480 e. The summed E-state index contributed by atoms with van der Waals surface area (Å²) in [5, 5.41) is 18.1. The van der Waals surface area contributed by atoms with Gasteiger partial charge in [0.25, 0.3) is 0 Å². The van der Waals surface area contributed by atoms with Crippen LogP contribution in [0.4, 0.5) is 0 Å². The van der Waals surface area contributed by atoms with Gasteiger partial charge in [-0.2, -0.15) is 11.8 Å². The molecule has 4 unspecified atom stereocenters. The number of hydrogen-bond acceptors (Lipinski definition) is 8. The van der Waals surface area contributed by atoms with Gasteiger partial charge in [0.1, 0.15) is 18.1 Å². The summed E-state index contributed by atoms with van der Waals surface area (Å²) in [6, 6.07) is 2.43. The minimum atomic E-state index is -1.34. The number of nitrogens with one attached hydrogen (secondary N) is 4. The molecule has 0 aliphatic heterocycles. The smallest absolute Gasteiger partial charge is 0.326 e. The number of thioether (sulfide) groups is 1. The van der Waals surface area contributed by atoms with Gasteiger partial charge in [0.2, 0.25) is 29.5 Å². The van der Waals surface area contributed by atoms with Crippen molar-refractivity contribution in [3.8, 4) is 0 Å². The van der Waals surface area contributed by atoms with Crippen LogP contribution in [0.2, 0.25) is 0 Å². The number of H-pyrrole nitrogens is 1. The molecule has 0 saturated heterocycles. The number of hydrogen-bond donors (Lipinski definition) is 8. The fourth-order valence-corrected chi connectivity index (χ4v) is 4.50. The maximum Gasteiger partial charge on any atom is 0.326 e. The van der Waals surface area contributed by atoms with E-state index < -0.39 is 59.7 Å². The van der Waals surface area contributed by atoms with Crippen LogP contribution in [0.15, 0.2) is 30.5 Å². The second-order valence-corrected chi connectivity index (χ2v) is 10.5. The molecule has 11 N–H and O–H groups in total. The number of fused-ring (bicyclic) bond motifs is 1. The molecule has 2 aromatic rings. The van der Waals surface area contributed by atoms with Gasteiger partial charge < -0.3 is 43.2 Å². The number of carboxylic acids is 1. The van der Waals surface area contributed by atoms with Gasteiger partial charge in [-0.25, -0.2) is 4.79 Å². The second kappa shape index (κ2) is 16.2. The van der Waals surface area contributed by atoms with Crippen LogP contribution in [-0.2, 0) is 35.2 Å². The van der Waals surface area contributed by atoms with Gasteiger partial charge in [0.15, 0.2) is 0 Å². The number of aromatic amines is 1. The number of carbonyl (C=O) groups is 6. The Morgan fingerprint density at radius 1 is 0.854 bits per heavy atom. The van der Waals surface area contributed by atoms with Crippen molar-refractivity contribution in [2.75, 3.05) is 12.0 Å². The zero-order valence-corrected chi connectivity index (χ0v) is 23.5. The quantitative estimate of drug-likeness (QED) is 0.104. The van der Waals surface area contributed by atoms with Crippen molar-refractivity contribution in [3.63, 3.8) is 0 Å². The van der Waals surface area contributed by atoms with E-state index in [2.05, 4.69) is 20.9 Å². The maximum atomic E-state index is 13.2. The van der Waals surface area contributed by atoms with Gasteiger partial charge in [-0.05, 0) is 42.9 Å². The maximum absolute atomic E-state index is 13.2. The van der Waals surface area contributed by atoms with Crippen LogP contribution in [-0.4, -0.2) is 81.8 Å². The van der Waals surface area contributed by atoms with E-state index in [9.17, 15) is 33.9 Å². The standard InChI is InChI=1S/C26H37N7O7S/c1-41-11-10-19(31-23(36)16(27)6-8-21(28)34)25(38)32-18(7-9-22(29)35)24(37)33-20(26(39)40)12-14-13-30-17-5-3-2-4-15(14)17/h2-5,13,16,18-20,30H,6-12,27H2,1H3,(H2,28,34)(H2,29,35)(H,31,36)(H,32,38)(H,33,37)(H,39,40). The third kappa shape index (κ3) is 10.8. The number of para-hydroxylation sites is 1. The number of rotatable bonds is 18. The molecule has 0 radical (unpaired) electrons. The summed E-state index contributed by atoms with van der Waals surface area (Å²) in [5.41, 5.74) is 17.6. The summed E-state index contributed by atoms with van der Waals surface area (Å²) in [6.45, 7) is 0. The van der Waals surface area contributed by atoms with Crippen molar-refractivity contribution in [2.24, 2.45) is 17.2 Å². The lowest BCUT2D eigenvalue weighted by atomic mass is 10.0. The number of carbonyl (C=O) groups excluding carboxylic acids is 5.